The van der Waals surface area contributed by atoms with Gasteiger partial charge in [0.1, 0.15) is 0 Å². The van der Waals surface area contributed by atoms with E-state index >= 15 is 0 Å². The highest BCUT2D eigenvalue weighted by molar-refractivity contribution is 7.93. The van der Waals surface area contributed by atoms with Crippen molar-refractivity contribution in [3.8, 4) is 0 Å². The highest BCUT2D eigenvalue weighted by Gasteiger charge is 2.28. The third-order valence-corrected chi connectivity index (χ3v) is 6.95. The summed E-state index contributed by atoms with van der Waals surface area (Å²) in [5, 5.41) is 3.63. The molecule has 0 bridgehead atoms. The number of nitrogens with zero attached hydrogens (tertiary/aromatic N) is 1. The minimum atomic E-state index is -3.21. The van der Waals surface area contributed by atoms with Gasteiger partial charge in [0.2, 0.25) is 10.0 Å². The lowest BCUT2D eigenvalue weighted by Crippen LogP contribution is -2.36. The standard InChI is InChI=1S/C20H23ClN2O3S/c1-20(2,16-6-8-17(21)9-7-16)14-22-19(24)15-4-10-18(11-5-15)23-12-3-13-27(23,25)26/h4-11H,3,12-14H2,1-2H3,(H,22,24). The molecule has 5 nitrogen and oxygen atoms in total. The average Bonchev–Trinajstić information content (AvgIpc) is 2.99. The van der Waals surface area contributed by atoms with Crippen molar-refractivity contribution in [2.45, 2.75) is 25.7 Å². The van der Waals surface area contributed by atoms with E-state index in [9.17, 15) is 13.2 Å². The predicted octanol–water partition coefficient (Wildman–Crippen LogP) is 3.59. The first-order valence-electron chi connectivity index (χ1n) is 8.84. The van der Waals surface area contributed by atoms with Crippen molar-refractivity contribution in [3.63, 3.8) is 0 Å². The van der Waals surface area contributed by atoms with E-state index in [0.29, 0.717) is 35.8 Å². The molecule has 1 aliphatic heterocycles. The van der Waals surface area contributed by atoms with Crippen LogP contribution < -0.4 is 9.62 Å². The molecule has 1 N–H and O–H groups in total. The molecule has 0 aliphatic carbocycles. The Kier molecular flexibility index (Phi) is 5.49. The number of rotatable bonds is 5. The Morgan fingerprint density at radius 2 is 1.74 bits per heavy atom. The van der Waals surface area contributed by atoms with Gasteiger partial charge in [0.15, 0.2) is 0 Å². The summed E-state index contributed by atoms with van der Waals surface area (Å²) in [6, 6.07) is 14.3. The number of hydrogen-bond donors (Lipinski definition) is 1. The van der Waals surface area contributed by atoms with Crippen LogP contribution in [0.15, 0.2) is 48.5 Å². The maximum absolute atomic E-state index is 12.5. The summed E-state index contributed by atoms with van der Waals surface area (Å²) in [5.41, 5.74) is 1.94. The van der Waals surface area contributed by atoms with E-state index in [1.54, 1.807) is 24.3 Å². The number of sulfonamides is 1. The second kappa shape index (κ2) is 7.52. The smallest absolute Gasteiger partial charge is 0.251 e. The summed E-state index contributed by atoms with van der Waals surface area (Å²) < 4.78 is 25.4. The van der Waals surface area contributed by atoms with Gasteiger partial charge in [-0.3, -0.25) is 9.10 Å². The van der Waals surface area contributed by atoms with Gasteiger partial charge in [0.05, 0.1) is 11.4 Å². The van der Waals surface area contributed by atoms with Crippen molar-refractivity contribution in [1.29, 1.82) is 0 Å². The number of amides is 1. The molecular formula is C20H23ClN2O3S. The molecule has 1 fully saturated rings. The number of carbonyl (C=O) groups is 1. The zero-order valence-corrected chi connectivity index (χ0v) is 17.0. The Balaban J connectivity index is 1.65. The van der Waals surface area contributed by atoms with Crippen molar-refractivity contribution in [3.05, 3.63) is 64.7 Å². The molecule has 0 spiro atoms. The van der Waals surface area contributed by atoms with Crippen LogP contribution >= 0.6 is 11.6 Å². The van der Waals surface area contributed by atoms with Crippen molar-refractivity contribution in [2.24, 2.45) is 0 Å². The first-order valence-corrected chi connectivity index (χ1v) is 10.8. The quantitative estimate of drug-likeness (QED) is 0.825. The van der Waals surface area contributed by atoms with Crippen LogP contribution in [0.2, 0.25) is 5.02 Å². The lowest BCUT2D eigenvalue weighted by molar-refractivity contribution is 0.0945. The van der Waals surface area contributed by atoms with Crippen molar-refractivity contribution in [1.82, 2.24) is 5.32 Å². The average molecular weight is 407 g/mol. The molecule has 7 heteroatoms. The summed E-state index contributed by atoms with van der Waals surface area (Å²) in [4.78, 5) is 12.5. The Labute approximate surface area is 165 Å². The number of carbonyl (C=O) groups excluding carboxylic acids is 1. The first-order chi connectivity index (χ1) is 12.7. The van der Waals surface area contributed by atoms with E-state index in [4.69, 9.17) is 11.6 Å². The molecule has 0 unspecified atom stereocenters. The normalized spacial score (nSPS) is 16.3. The molecule has 0 saturated carbocycles. The second-order valence-corrected chi connectivity index (χ2v) is 9.81. The maximum Gasteiger partial charge on any atom is 0.251 e. The summed E-state index contributed by atoms with van der Waals surface area (Å²) in [6.45, 7) is 5.06. The molecule has 0 aromatic heterocycles. The van der Waals surface area contributed by atoms with Crippen LogP contribution in [0, 0.1) is 0 Å². The Morgan fingerprint density at radius 1 is 1.11 bits per heavy atom. The number of anilines is 1. The van der Waals surface area contributed by atoms with Crippen molar-refractivity contribution in [2.75, 3.05) is 23.1 Å². The topological polar surface area (TPSA) is 66.5 Å². The van der Waals surface area contributed by atoms with Gasteiger partial charge in [-0.2, -0.15) is 0 Å². The van der Waals surface area contributed by atoms with E-state index in [-0.39, 0.29) is 17.1 Å². The molecular weight excluding hydrogens is 384 g/mol. The minimum Gasteiger partial charge on any atom is -0.351 e. The predicted molar refractivity (Wildman–Crippen MR) is 109 cm³/mol. The lowest BCUT2D eigenvalue weighted by Gasteiger charge is -2.26. The van der Waals surface area contributed by atoms with Gasteiger partial charge < -0.3 is 5.32 Å². The largest absolute Gasteiger partial charge is 0.351 e. The van der Waals surface area contributed by atoms with Gasteiger partial charge in [-0.25, -0.2) is 8.42 Å². The van der Waals surface area contributed by atoms with Crippen LogP contribution in [0.1, 0.15) is 36.2 Å². The third kappa shape index (κ3) is 4.45. The fourth-order valence-corrected chi connectivity index (χ4v) is 4.81. The molecule has 0 radical (unpaired) electrons. The first kappa shape index (κ1) is 19.7. The van der Waals surface area contributed by atoms with Crippen molar-refractivity contribution >= 4 is 33.2 Å². The fourth-order valence-electron chi connectivity index (χ4n) is 3.12. The lowest BCUT2D eigenvalue weighted by atomic mass is 9.84. The molecule has 2 aromatic carbocycles. The van der Waals surface area contributed by atoms with E-state index in [1.807, 2.05) is 24.3 Å². The molecule has 1 amide bonds. The van der Waals surface area contributed by atoms with Crippen LogP contribution in [0.4, 0.5) is 5.69 Å². The van der Waals surface area contributed by atoms with Crippen LogP contribution in [0.25, 0.3) is 0 Å². The number of halogens is 1. The van der Waals surface area contributed by atoms with E-state index in [2.05, 4.69) is 19.2 Å². The molecule has 0 atom stereocenters. The highest BCUT2D eigenvalue weighted by Crippen LogP contribution is 2.25. The summed E-state index contributed by atoms with van der Waals surface area (Å²) in [7, 11) is -3.21. The van der Waals surface area contributed by atoms with E-state index in [0.717, 1.165) is 5.56 Å². The molecule has 27 heavy (non-hydrogen) atoms. The van der Waals surface area contributed by atoms with E-state index < -0.39 is 10.0 Å². The monoisotopic (exact) mass is 406 g/mol. The highest BCUT2D eigenvalue weighted by atomic mass is 35.5. The fraction of sp³-hybridized carbons (Fsp3) is 0.350. The Morgan fingerprint density at radius 3 is 2.30 bits per heavy atom. The Hall–Kier alpha value is -2.05. The second-order valence-electron chi connectivity index (χ2n) is 7.36. The molecule has 1 aliphatic rings. The zero-order chi connectivity index (χ0) is 19.7. The van der Waals surface area contributed by atoms with Gasteiger partial charge in [0.25, 0.3) is 5.91 Å². The molecule has 3 rings (SSSR count). The van der Waals surface area contributed by atoms with Crippen molar-refractivity contribution < 1.29 is 13.2 Å². The van der Waals surface area contributed by atoms with Gasteiger partial charge in [-0.1, -0.05) is 37.6 Å². The van der Waals surface area contributed by atoms with Crippen LogP contribution in [-0.2, 0) is 15.4 Å². The number of benzene rings is 2. The zero-order valence-electron chi connectivity index (χ0n) is 15.4. The van der Waals surface area contributed by atoms with Crippen LogP contribution in [0.5, 0.6) is 0 Å². The molecule has 1 heterocycles. The minimum absolute atomic E-state index is 0.176. The molecule has 144 valence electrons. The van der Waals surface area contributed by atoms with Gasteiger partial charge >= 0.3 is 0 Å². The van der Waals surface area contributed by atoms with Gasteiger partial charge in [0, 0.05) is 29.1 Å². The number of hydrogen-bond acceptors (Lipinski definition) is 3. The Bertz CT molecular complexity index is 923. The van der Waals surface area contributed by atoms with Crippen LogP contribution in [0.3, 0.4) is 0 Å². The molecule has 2 aromatic rings. The molecule has 1 saturated heterocycles. The summed E-state index contributed by atoms with van der Waals surface area (Å²) in [5.74, 6) is -0.0115. The SMILES string of the molecule is CC(C)(CNC(=O)c1ccc(N2CCCS2(=O)=O)cc1)c1ccc(Cl)cc1. The third-order valence-electron chi connectivity index (χ3n) is 4.83. The van der Waals surface area contributed by atoms with E-state index in [1.165, 1.54) is 4.31 Å². The number of nitrogens with one attached hydrogen (secondary N) is 1. The van der Waals surface area contributed by atoms with Gasteiger partial charge in [-0.15, -0.1) is 0 Å². The summed E-state index contributed by atoms with van der Waals surface area (Å²) in [6.07, 6.45) is 0.629. The summed E-state index contributed by atoms with van der Waals surface area (Å²) >= 11 is 5.94. The van der Waals surface area contributed by atoms with Crippen LogP contribution in [-0.4, -0.2) is 33.2 Å². The van der Waals surface area contributed by atoms with Gasteiger partial charge in [-0.05, 0) is 48.4 Å². The maximum atomic E-state index is 12.5.